The Morgan fingerprint density at radius 1 is 1.37 bits per heavy atom. The molecule has 1 saturated heterocycles. The SMILES string of the molecule is O[C@H]1CCN(Cc2nnnn2-c2ccccc2Br)C1. The summed E-state index contributed by atoms with van der Waals surface area (Å²) in [5, 5.41) is 21.4. The van der Waals surface area contributed by atoms with Crippen molar-refractivity contribution in [3.05, 3.63) is 34.6 Å². The van der Waals surface area contributed by atoms with Crippen molar-refractivity contribution in [3.63, 3.8) is 0 Å². The van der Waals surface area contributed by atoms with Crippen LogP contribution in [0.1, 0.15) is 12.2 Å². The summed E-state index contributed by atoms with van der Waals surface area (Å²) < 4.78 is 2.68. The highest BCUT2D eigenvalue weighted by Gasteiger charge is 2.22. The first kappa shape index (κ1) is 12.7. The Bertz CT molecular complexity index is 573. The van der Waals surface area contributed by atoms with E-state index in [1.54, 1.807) is 4.68 Å². The van der Waals surface area contributed by atoms with Gasteiger partial charge in [0.15, 0.2) is 5.82 Å². The highest BCUT2D eigenvalue weighted by molar-refractivity contribution is 9.10. The van der Waals surface area contributed by atoms with E-state index in [4.69, 9.17) is 0 Å². The van der Waals surface area contributed by atoms with E-state index in [9.17, 15) is 5.11 Å². The number of hydrogen-bond acceptors (Lipinski definition) is 5. The van der Waals surface area contributed by atoms with Gasteiger partial charge in [-0.05, 0) is 44.9 Å². The number of nitrogens with zero attached hydrogens (tertiary/aromatic N) is 5. The number of halogens is 1. The van der Waals surface area contributed by atoms with Crippen LogP contribution in [0.15, 0.2) is 28.7 Å². The van der Waals surface area contributed by atoms with E-state index >= 15 is 0 Å². The maximum atomic E-state index is 9.55. The van der Waals surface area contributed by atoms with Crippen LogP contribution in [0.2, 0.25) is 0 Å². The first-order chi connectivity index (χ1) is 9.24. The minimum Gasteiger partial charge on any atom is -0.392 e. The zero-order valence-electron chi connectivity index (χ0n) is 10.3. The summed E-state index contributed by atoms with van der Waals surface area (Å²) in [6.07, 6.45) is 0.587. The summed E-state index contributed by atoms with van der Waals surface area (Å²) in [6.45, 7) is 2.21. The number of benzene rings is 1. The average molecular weight is 324 g/mol. The number of aliphatic hydroxyl groups is 1. The van der Waals surface area contributed by atoms with Gasteiger partial charge in [-0.2, -0.15) is 4.68 Å². The van der Waals surface area contributed by atoms with Crippen molar-refractivity contribution in [3.8, 4) is 5.69 Å². The van der Waals surface area contributed by atoms with E-state index in [0.29, 0.717) is 13.1 Å². The molecule has 2 heterocycles. The molecule has 1 N–H and O–H groups in total. The third-order valence-corrected chi connectivity index (χ3v) is 3.90. The molecule has 100 valence electrons. The maximum absolute atomic E-state index is 9.55. The summed E-state index contributed by atoms with van der Waals surface area (Å²) in [4.78, 5) is 2.16. The molecule has 1 aliphatic heterocycles. The minimum absolute atomic E-state index is 0.229. The van der Waals surface area contributed by atoms with Gasteiger partial charge in [0.2, 0.25) is 0 Å². The summed E-state index contributed by atoms with van der Waals surface area (Å²) in [6, 6.07) is 7.82. The predicted octanol–water partition coefficient (Wildman–Crippen LogP) is 0.991. The van der Waals surface area contributed by atoms with Crippen molar-refractivity contribution in [2.75, 3.05) is 13.1 Å². The van der Waals surface area contributed by atoms with Crippen molar-refractivity contribution in [2.24, 2.45) is 0 Å². The van der Waals surface area contributed by atoms with Crippen molar-refractivity contribution in [1.29, 1.82) is 0 Å². The van der Waals surface area contributed by atoms with Crippen LogP contribution in [0, 0.1) is 0 Å². The molecule has 0 bridgehead atoms. The molecule has 0 amide bonds. The maximum Gasteiger partial charge on any atom is 0.170 e. The number of aliphatic hydroxyl groups excluding tert-OH is 1. The monoisotopic (exact) mass is 323 g/mol. The van der Waals surface area contributed by atoms with Gasteiger partial charge in [0.05, 0.1) is 18.3 Å². The quantitative estimate of drug-likeness (QED) is 0.912. The normalized spacial score (nSPS) is 20.0. The summed E-state index contributed by atoms with van der Waals surface area (Å²) in [5.41, 5.74) is 0.919. The third kappa shape index (κ3) is 2.68. The highest BCUT2D eigenvalue weighted by atomic mass is 79.9. The minimum atomic E-state index is -0.229. The second kappa shape index (κ2) is 5.36. The lowest BCUT2D eigenvalue weighted by Gasteiger charge is -2.14. The van der Waals surface area contributed by atoms with Gasteiger partial charge in [0.1, 0.15) is 0 Å². The van der Waals surface area contributed by atoms with Crippen LogP contribution in [0.25, 0.3) is 5.69 Å². The molecule has 2 aromatic rings. The van der Waals surface area contributed by atoms with Crippen LogP contribution in [-0.2, 0) is 6.54 Å². The zero-order valence-corrected chi connectivity index (χ0v) is 11.9. The van der Waals surface area contributed by atoms with Crippen LogP contribution in [0.4, 0.5) is 0 Å². The van der Waals surface area contributed by atoms with Gasteiger partial charge in [-0.1, -0.05) is 12.1 Å². The molecule has 0 saturated carbocycles. The van der Waals surface area contributed by atoms with E-state index < -0.39 is 0 Å². The number of β-amino-alcohol motifs (C(OH)–C–C–N with tert-alkyl or cyclic N) is 1. The van der Waals surface area contributed by atoms with Gasteiger partial charge in [0.25, 0.3) is 0 Å². The Balaban J connectivity index is 1.85. The van der Waals surface area contributed by atoms with E-state index in [1.807, 2.05) is 24.3 Å². The molecule has 7 heteroatoms. The molecule has 0 radical (unpaired) electrons. The fourth-order valence-electron chi connectivity index (χ4n) is 2.27. The molecular weight excluding hydrogens is 310 g/mol. The lowest BCUT2D eigenvalue weighted by atomic mass is 10.3. The Hall–Kier alpha value is -1.31. The van der Waals surface area contributed by atoms with E-state index in [0.717, 1.165) is 29.0 Å². The summed E-state index contributed by atoms with van der Waals surface area (Å²) in [7, 11) is 0. The first-order valence-corrected chi connectivity index (χ1v) is 6.96. The number of likely N-dealkylation sites (tertiary alicyclic amines) is 1. The Morgan fingerprint density at radius 3 is 2.95 bits per heavy atom. The second-order valence-electron chi connectivity index (χ2n) is 4.64. The molecule has 0 aliphatic carbocycles. The number of para-hydroxylation sites is 1. The van der Waals surface area contributed by atoms with E-state index in [-0.39, 0.29) is 6.10 Å². The van der Waals surface area contributed by atoms with E-state index in [2.05, 4.69) is 36.4 Å². The van der Waals surface area contributed by atoms with Gasteiger partial charge in [-0.3, -0.25) is 4.90 Å². The van der Waals surface area contributed by atoms with Crippen LogP contribution in [0.5, 0.6) is 0 Å². The van der Waals surface area contributed by atoms with Crippen LogP contribution in [-0.4, -0.2) is 49.4 Å². The topological polar surface area (TPSA) is 67.1 Å². The van der Waals surface area contributed by atoms with Crippen LogP contribution >= 0.6 is 15.9 Å². The van der Waals surface area contributed by atoms with Gasteiger partial charge >= 0.3 is 0 Å². The Labute approximate surface area is 119 Å². The molecule has 6 nitrogen and oxygen atoms in total. The standard InChI is InChI=1S/C12H14BrN5O/c13-10-3-1-2-4-11(10)18-12(14-15-16-18)8-17-6-5-9(19)7-17/h1-4,9,19H,5-8H2/t9-/m0/s1. The molecule has 3 rings (SSSR count). The fourth-order valence-corrected chi connectivity index (χ4v) is 2.72. The van der Waals surface area contributed by atoms with Crippen molar-refractivity contribution >= 4 is 15.9 Å². The molecule has 1 aromatic carbocycles. The predicted molar refractivity (Wildman–Crippen MR) is 72.8 cm³/mol. The van der Waals surface area contributed by atoms with Gasteiger partial charge in [-0.15, -0.1) is 5.10 Å². The molecule has 1 atom stereocenters. The third-order valence-electron chi connectivity index (χ3n) is 3.23. The number of rotatable bonds is 3. The number of tetrazole rings is 1. The molecule has 0 unspecified atom stereocenters. The van der Waals surface area contributed by atoms with Gasteiger partial charge in [-0.25, -0.2) is 0 Å². The van der Waals surface area contributed by atoms with Gasteiger partial charge in [0, 0.05) is 17.6 Å². The lowest BCUT2D eigenvalue weighted by molar-refractivity contribution is 0.173. The molecule has 1 aliphatic rings. The van der Waals surface area contributed by atoms with Crippen LogP contribution in [0.3, 0.4) is 0 Å². The molecule has 1 aromatic heterocycles. The largest absolute Gasteiger partial charge is 0.392 e. The van der Waals surface area contributed by atoms with E-state index in [1.165, 1.54) is 0 Å². The zero-order chi connectivity index (χ0) is 13.2. The highest BCUT2D eigenvalue weighted by Crippen LogP contribution is 2.21. The average Bonchev–Trinajstić information content (AvgIpc) is 3.00. The van der Waals surface area contributed by atoms with Crippen molar-refractivity contribution in [1.82, 2.24) is 25.1 Å². The van der Waals surface area contributed by atoms with Gasteiger partial charge < -0.3 is 5.11 Å². The summed E-state index contributed by atoms with van der Waals surface area (Å²) in [5.74, 6) is 0.779. The summed E-state index contributed by atoms with van der Waals surface area (Å²) >= 11 is 3.50. The second-order valence-corrected chi connectivity index (χ2v) is 5.49. The Morgan fingerprint density at radius 2 is 2.21 bits per heavy atom. The molecular formula is C12H14BrN5O. The first-order valence-electron chi connectivity index (χ1n) is 6.16. The fraction of sp³-hybridized carbons (Fsp3) is 0.417. The molecule has 19 heavy (non-hydrogen) atoms. The smallest absolute Gasteiger partial charge is 0.170 e. The van der Waals surface area contributed by atoms with Crippen LogP contribution < -0.4 is 0 Å². The van der Waals surface area contributed by atoms with Crippen molar-refractivity contribution < 1.29 is 5.11 Å². The lowest BCUT2D eigenvalue weighted by Crippen LogP contribution is -2.23. The molecule has 0 spiro atoms. The Kier molecular flexibility index (Phi) is 3.58. The number of aromatic nitrogens is 4. The number of hydrogen-bond donors (Lipinski definition) is 1. The molecule has 1 fully saturated rings. The van der Waals surface area contributed by atoms with Crippen molar-refractivity contribution in [2.45, 2.75) is 19.1 Å².